The van der Waals surface area contributed by atoms with Crippen molar-refractivity contribution in [3.05, 3.63) is 108 Å². The molecule has 0 fully saturated rings. The molecule has 2 heteroatoms. The first-order chi connectivity index (χ1) is 14.0. The van der Waals surface area contributed by atoms with E-state index in [0.717, 1.165) is 22.5 Å². The van der Waals surface area contributed by atoms with Gasteiger partial charge in [0.05, 0.1) is 0 Å². The first kappa shape index (κ1) is 17.7. The monoisotopic (exact) mass is 379 g/mol. The number of nitrogens with one attached hydrogen (secondary N) is 1. The first-order valence-corrected chi connectivity index (χ1v) is 9.90. The second-order valence-electron chi connectivity index (χ2n) is 8.11. The zero-order chi connectivity index (χ0) is 20.0. The molecule has 142 valence electrons. The van der Waals surface area contributed by atoms with Crippen molar-refractivity contribution in [1.82, 2.24) is 0 Å². The molecule has 0 atom stereocenters. The maximum absolute atomic E-state index is 13.6. The fraction of sp³-hybridized carbons (Fsp3) is 0.111. The van der Waals surface area contributed by atoms with Crippen molar-refractivity contribution in [3.63, 3.8) is 0 Å². The third-order valence-electron chi connectivity index (χ3n) is 5.91. The molecule has 1 nitrogen and oxygen atoms in total. The normalized spacial score (nSPS) is 13.6. The lowest BCUT2D eigenvalue weighted by molar-refractivity contribution is 0.628. The van der Waals surface area contributed by atoms with E-state index < -0.39 is 0 Å². The Hall–Kier alpha value is -3.39. The van der Waals surface area contributed by atoms with E-state index in [1.165, 1.54) is 28.3 Å². The molecular formula is C27H22FN. The van der Waals surface area contributed by atoms with Crippen LogP contribution in [0.3, 0.4) is 0 Å². The first-order valence-electron chi connectivity index (χ1n) is 9.90. The standard InChI is InChI=1S/C27H22FN/c1-27(2)23-13-4-3-12-22(23)26-24(27)14-7-15-25(26)29-21-11-6-9-19(17-21)18-8-5-10-20(28)16-18/h3-17,29H,1-2H3. The molecule has 0 saturated heterocycles. The summed E-state index contributed by atoms with van der Waals surface area (Å²) in [5.41, 5.74) is 9.18. The second-order valence-corrected chi connectivity index (χ2v) is 8.11. The van der Waals surface area contributed by atoms with Crippen molar-refractivity contribution >= 4 is 11.4 Å². The topological polar surface area (TPSA) is 12.0 Å². The highest BCUT2D eigenvalue weighted by Gasteiger charge is 2.36. The Kier molecular flexibility index (Phi) is 4.02. The van der Waals surface area contributed by atoms with Crippen LogP contribution in [0.2, 0.25) is 0 Å². The van der Waals surface area contributed by atoms with Crippen LogP contribution in [0.15, 0.2) is 91.0 Å². The van der Waals surface area contributed by atoms with E-state index in [-0.39, 0.29) is 11.2 Å². The van der Waals surface area contributed by atoms with Crippen LogP contribution in [-0.2, 0) is 5.41 Å². The number of fused-ring (bicyclic) bond motifs is 3. The zero-order valence-electron chi connectivity index (χ0n) is 16.5. The van der Waals surface area contributed by atoms with Crippen LogP contribution >= 0.6 is 0 Å². The second kappa shape index (κ2) is 6.59. The minimum Gasteiger partial charge on any atom is -0.355 e. The van der Waals surface area contributed by atoms with E-state index in [9.17, 15) is 4.39 Å². The molecule has 1 aliphatic carbocycles. The average Bonchev–Trinajstić information content (AvgIpc) is 2.97. The quantitative estimate of drug-likeness (QED) is 0.388. The van der Waals surface area contributed by atoms with Crippen molar-refractivity contribution in [3.8, 4) is 22.3 Å². The Morgan fingerprint density at radius 2 is 1.38 bits per heavy atom. The van der Waals surface area contributed by atoms with Gasteiger partial charge in [-0.05, 0) is 58.1 Å². The van der Waals surface area contributed by atoms with E-state index in [2.05, 4.69) is 67.7 Å². The van der Waals surface area contributed by atoms with E-state index in [0.29, 0.717) is 0 Å². The summed E-state index contributed by atoms with van der Waals surface area (Å²) in [6.45, 7) is 4.57. The lowest BCUT2D eigenvalue weighted by Gasteiger charge is -2.21. The molecule has 4 aromatic carbocycles. The SMILES string of the molecule is CC1(C)c2ccccc2-c2c(Nc3cccc(-c4cccc(F)c4)c3)cccc21. The summed E-state index contributed by atoms with van der Waals surface area (Å²) in [7, 11) is 0. The summed E-state index contributed by atoms with van der Waals surface area (Å²) in [5, 5.41) is 3.61. The van der Waals surface area contributed by atoms with Crippen molar-refractivity contribution in [2.75, 3.05) is 5.32 Å². The van der Waals surface area contributed by atoms with Gasteiger partial charge in [-0.15, -0.1) is 0 Å². The maximum atomic E-state index is 13.6. The van der Waals surface area contributed by atoms with Crippen molar-refractivity contribution in [2.24, 2.45) is 0 Å². The zero-order valence-corrected chi connectivity index (χ0v) is 16.5. The van der Waals surface area contributed by atoms with Gasteiger partial charge in [-0.1, -0.05) is 74.5 Å². The van der Waals surface area contributed by atoms with Gasteiger partial charge < -0.3 is 5.32 Å². The van der Waals surface area contributed by atoms with Crippen LogP contribution in [0.5, 0.6) is 0 Å². The number of hydrogen-bond acceptors (Lipinski definition) is 1. The van der Waals surface area contributed by atoms with Crippen LogP contribution in [0.1, 0.15) is 25.0 Å². The highest BCUT2D eigenvalue weighted by molar-refractivity contribution is 5.91. The van der Waals surface area contributed by atoms with E-state index >= 15 is 0 Å². The van der Waals surface area contributed by atoms with Gasteiger partial charge in [-0.2, -0.15) is 0 Å². The van der Waals surface area contributed by atoms with Gasteiger partial charge in [-0.25, -0.2) is 4.39 Å². The average molecular weight is 379 g/mol. The number of anilines is 2. The Morgan fingerprint density at radius 1 is 0.690 bits per heavy atom. The molecular weight excluding hydrogens is 357 g/mol. The molecule has 0 heterocycles. The van der Waals surface area contributed by atoms with E-state index in [1.807, 2.05) is 24.3 Å². The van der Waals surface area contributed by atoms with Gasteiger partial charge in [0.15, 0.2) is 0 Å². The summed E-state index contributed by atoms with van der Waals surface area (Å²) in [4.78, 5) is 0. The fourth-order valence-corrected chi connectivity index (χ4v) is 4.46. The minimum atomic E-state index is -0.222. The van der Waals surface area contributed by atoms with Crippen LogP contribution in [0.4, 0.5) is 15.8 Å². The minimum absolute atomic E-state index is 0.0208. The molecule has 5 rings (SSSR count). The summed E-state index contributed by atoms with van der Waals surface area (Å²) in [5.74, 6) is -0.222. The van der Waals surface area contributed by atoms with Gasteiger partial charge >= 0.3 is 0 Å². The summed E-state index contributed by atoms with van der Waals surface area (Å²) in [6.07, 6.45) is 0. The van der Waals surface area contributed by atoms with Crippen LogP contribution in [-0.4, -0.2) is 0 Å². The molecule has 0 bridgehead atoms. The highest BCUT2D eigenvalue weighted by atomic mass is 19.1. The van der Waals surface area contributed by atoms with Gasteiger partial charge in [0.25, 0.3) is 0 Å². The molecule has 0 aliphatic heterocycles. The molecule has 0 saturated carbocycles. The number of rotatable bonds is 3. The van der Waals surface area contributed by atoms with Crippen molar-refractivity contribution in [2.45, 2.75) is 19.3 Å². The molecule has 29 heavy (non-hydrogen) atoms. The van der Waals surface area contributed by atoms with Gasteiger partial charge in [-0.3, -0.25) is 0 Å². The third-order valence-corrected chi connectivity index (χ3v) is 5.91. The van der Waals surface area contributed by atoms with Gasteiger partial charge in [0.2, 0.25) is 0 Å². The van der Waals surface area contributed by atoms with Crippen molar-refractivity contribution < 1.29 is 4.39 Å². The highest BCUT2D eigenvalue weighted by Crippen LogP contribution is 2.51. The fourth-order valence-electron chi connectivity index (χ4n) is 4.46. The smallest absolute Gasteiger partial charge is 0.123 e. The van der Waals surface area contributed by atoms with Crippen LogP contribution in [0, 0.1) is 5.82 Å². The molecule has 0 spiro atoms. The summed E-state index contributed by atoms with van der Waals surface area (Å²) < 4.78 is 13.6. The third kappa shape index (κ3) is 2.92. The lowest BCUT2D eigenvalue weighted by Crippen LogP contribution is -2.14. The number of hydrogen-bond donors (Lipinski definition) is 1. The predicted octanol–water partition coefficient (Wildman–Crippen LogP) is 7.54. The van der Waals surface area contributed by atoms with Crippen molar-refractivity contribution in [1.29, 1.82) is 0 Å². The van der Waals surface area contributed by atoms with Gasteiger partial charge in [0, 0.05) is 22.4 Å². The Balaban J connectivity index is 1.58. The van der Waals surface area contributed by atoms with E-state index in [1.54, 1.807) is 12.1 Å². The summed E-state index contributed by atoms with van der Waals surface area (Å²) in [6, 6.07) is 30.0. The molecule has 4 aromatic rings. The van der Waals surface area contributed by atoms with Crippen LogP contribution < -0.4 is 5.32 Å². The molecule has 0 aromatic heterocycles. The Bertz CT molecular complexity index is 1220. The Labute approximate surface area is 170 Å². The lowest BCUT2D eigenvalue weighted by atomic mass is 9.82. The van der Waals surface area contributed by atoms with E-state index in [4.69, 9.17) is 0 Å². The molecule has 0 unspecified atom stereocenters. The number of halogens is 1. The predicted molar refractivity (Wildman–Crippen MR) is 119 cm³/mol. The molecule has 1 aliphatic rings. The maximum Gasteiger partial charge on any atom is 0.123 e. The van der Waals surface area contributed by atoms with Gasteiger partial charge in [0.1, 0.15) is 5.82 Å². The molecule has 1 N–H and O–H groups in total. The molecule has 0 radical (unpaired) electrons. The van der Waals surface area contributed by atoms with Crippen LogP contribution in [0.25, 0.3) is 22.3 Å². The number of benzene rings is 4. The molecule has 0 amide bonds. The Morgan fingerprint density at radius 3 is 2.21 bits per heavy atom. The largest absolute Gasteiger partial charge is 0.355 e. The summed E-state index contributed by atoms with van der Waals surface area (Å²) >= 11 is 0.